The topological polar surface area (TPSA) is 124 Å². The van der Waals surface area contributed by atoms with Gasteiger partial charge in [0.2, 0.25) is 0 Å². The largest absolute Gasteiger partial charge is 0.507 e. The molecule has 1 atom stereocenters. The number of aliphatic hydroxyl groups excluding tert-OH is 1. The van der Waals surface area contributed by atoms with Gasteiger partial charge in [-0.25, -0.2) is 0 Å². The Morgan fingerprint density at radius 1 is 1.25 bits per heavy atom. The Morgan fingerprint density at radius 3 is 2.65 bits per heavy atom. The van der Waals surface area contributed by atoms with Crippen molar-refractivity contribution in [3.05, 3.63) is 34.4 Å². The molecule has 0 saturated heterocycles. The third-order valence-corrected chi connectivity index (χ3v) is 3.62. The lowest BCUT2D eigenvalue weighted by molar-refractivity contribution is 0.0931. The molecule has 0 heterocycles. The summed E-state index contributed by atoms with van der Waals surface area (Å²) in [6, 6.07) is 2.54. The quantitative estimate of drug-likeness (QED) is 0.520. The standard InChI is InChI=1S/C14H12N2O4/c15-5-1-7-11(9(17)3-5)14(20)12-8(13(7)19)2-6(16)4-10(12)18/h1,3,10,16-18H,2,4,15H2. The Morgan fingerprint density at radius 2 is 1.95 bits per heavy atom. The van der Waals surface area contributed by atoms with Gasteiger partial charge in [0, 0.05) is 47.0 Å². The molecule has 0 aliphatic heterocycles. The van der Waals surface area contributed by atoms with Crippen LogP contribution < -0.4 is 5.73 Å². The number of phenolic OH excluding ortho intramolecular Hbond substituents is 1. The first-order chi connectivity index (χ1) is 9.40. The zero-order valence-electron chi connectivity index (χ0n) is 10.4. The lowest BCUT2D eigenvalue weighted by Gasteiger charge is -2.28. The Hall–Kier alpha value is -2.47. The van der Waals surface area contributed by atoms with E-state index >= 15 is 0 Å². The number of ketones is 2. The molecule has 0 amide bonds. The molecule has 5 N–H and O–H groups in total. The fourth-order valence-electron chi connectivity index (χ4n) is 2.77. The zero-order valence-corrected chi connectivity index (χ0v) is 10.4. The van der Waals surface area contributed by atoms with Crippen molar-refractivity contribution in [3.8, 4) is 5.75 Å². The smallest absolute Gasteiger partial charge is 0.196 e. The maximum Gasteiger partial charge on any atom is 0.196 e. The number of Topliss-reactive ketones (excluding diaryl/α,β-unsaturated/α-hetero) is 2. The minimum Gasteiger partial charge on any atom is -0.507 e. The normalized spacial score (nSPS) is 21.9. The number of carbonyl (C=O) groups is 2. The van der Waals surface area contributed by atoms with Crippen molar-refractivity contribution < 1.29 is 19.8 Å². The van der Waals surface area contributed by atoms with E-state index in [1.54, 1.807) is 0 Å². The molecule has 0 bridgehead atoms. The van der Waals surface area contributed by atoms with Crippen LogP contribution in [0.4, 0.5) is 5.69 Å². The van der Waals surface area contributed by atoms with Gasteiger partial charge in [0.25, 0.3) is 0 Å². The molecule has 2 aliphatic carbocycles. The van der Waals surface area contributed by atoms with Crippen LogP contribution in [0.2, 0.25) is 0 Å². The van der Waals surface area contributed by atoms with Crippen LogP contribution in [0.15, 0.2) is 23.3 Å². The van der Waals surface area contributed by atoms with Gasteiger partial charge in [-0.2, -0.15) is 0 Å². The summed E-state index contributed by atoms with van der Waals surface area (Å²) in [5.74, 6) is -1.38. The van der Waals surface area contributed by atoms with Gasteiger partial charge in [-0.1, -0.05) is 0 Å². The fourth-order valence-corrected chi connectivity index (χ4v) is 2.77. The number of anilines is 1. The minimum absolute atomic E-state index is 0.00132. The highest BCUT2D eigenvalue weighted by Crippen LogP contribution is 2.38. The molecule has 20 heavy (non-hydrogen) atoms. The molecule has 0 fully saturated rings. The summed E-state index contributed by atoms with van der Waals surface area (Å²) < 4.78 is 0. The van der Waals surface area contributed by atoms with Crippen LogP contribution in [0.3, 0.4) is 0 Å². The van der Waals surface area contributed by atoms with E-state index in [4.69, 9.17) is 11.1 Å². The number of carbonyl (C=O) groups excluding carboxylic acids is 2. The number of rotatable bonds is 0. The molecule has 3 rings (SSSR count). The van der Waals surface area contributed by atoms with Crippen molar-refractivity contribution in [2.24, 2.45) is 0 Å². The van der Waals surface area contributed by atoms with E-state index in [1.165, 1.54) is 12.1 Å². The first kappa shape index (κ1) is 12.6. The average Bonchev–Trinajstić information content (AvgIpc) is 2.34. The van der Waals surface area contributed by atoms with E-state index in [0.29, 0.717) is 0 Å². The summed E-state index contributed by atoms with van der Waals surface area (Å²) in [5.41, 5.74) is 6.02. The third-order valence-electron chi connectivity index (χ3n) is 3.62. The van der Waals surface area contributed by atoms with Gasteiger partial charge in [-0.05, 0) is 6.07 Å². The van der Waals surface area contributed by atoms with E-state index in [9.17, 15) is 19.8 Å². The summed E-state index contributed by atoms with van der Waals surface area (Å²) in [7, 11) is 0. The number of hydrogen-bond acceptors (Lipinski definition) is 6. The molecule has 0 radical (unpaired) electrons. The van der Waals surface area contributed by atoms with Crippen LogP contribution in [0.25, 0.3) is 0 Å². The number of nitrogens with one attached hydrogen (secondary N) is 1. The molecular formula is C14H12N2O4. The van der Waals surface area contributed by atoms with Crippen LogP contribution in [0, 0.1) is 5.41 Å². The molecule has 102 valence electrons. The molecule has 2 aliphatic rings. The van der Waals surface area contributed by atoms with Crippen molar-refractivity contribution in [3.63, 3.8) is 0 Å². The Labute approximate surface area is 114 Å². The predicted octanol–water partition coefficient (Wildman–Crippen LogP) is 0.824. The number of phenols is 1. The summed E-state index contributed by atoms with van der Waals surface area (Å²) in [6.07, 6.45) is -1.10. The van der Waals surface area contributed by atoms with Crippen molar-refractivity contribution in [2.45, 2.75) is 18.9 Å². The molecule has 0 saturated carbocycles. The summed E-state index contributed by atoms with van der Waals surface area (Å²) in [5, 5.41) is 27.4. The number of aliphatic hydroxyl groups is 1. The van der Waals surface area contributed by atoms with Gasteiger partial charge in [0.1, 0.15) is 5.75 Å². The number of aromatic hydroxyl groups is 1. The fraction of sp³-hybridized carbons (Fsp3) is 0.214. The second-order valence-corrected chi connectivity index (χ2v) is 5.01. The van der Waals surface area contributed by atoms with Gasteiger partial charge < -0.3 is 21.4 Å². The van der Waals surface area contributed by atoms with Gasteiger partial charge in [-0.3, -0.25) is 9.59 Å². The minimum atomic E-state index is -1.17. The summed E-state index contributed by atoms with van der Waals surface area (Å²) in [6.45, 7) is 0. The number of fused-ring (bicyclic) bond motifs is 1. The van der Waals surface area contributed by atoms with Crippen molar-refractivity contribution in [1.29, 1.82) is 5.41 Å². The van der Waals surface area contributed by atoms with E-state index in [1.807, 2.05) is 0 Å². The molecule has 6 nitrogen and oxygen atoms in total. The number of benzene rings is 1. The first-order valence-corrected chi connectivity index (χ1v) is 6.09. The van der Waals surface area contributed by atoms with Gasteiger partial charge in [0.15, 0.2) is 11.6 Å². The predicted molar refractivity (Wildman–Crippen MR) is 71.2 cm³/mol. The zero-order chi connectivity index (χ0) is 14.6. The van der Waals surface area contributed by atoms with E-state index in [2.05, 4.69) is 0 Å². The molecule has 1 aromatic carbocycles. The lowest BCUT2D eigenvalue weighted by Crippen LogP contribution is -2.34. The highest BCUT2D eigenvalue weighted by atomic mass is 16.3. The Kier molecular flexibility index (Phi) is 2.52. The Balaban J connectivity index is 2.28. The van der Waals surface area contributed by atoms with Crippen LogP contribution >= 0.6 is 0 Å². The van der Waals surface area contributed by atoms with Crippen LogP contribution in [0.1, 0.15) is 33.6 Å². The number of nitrogen functional groups attached to an aromatic ring is 1. The molecule has 1 unspecified atom stereocenters. The summed E-state index contributed by atoms with van der Waals surface area (Å²) >= 11 is 0. The lowest BCUT2D eigenvalue weighted by atomic mass is 9.75. The number of allylic oxidation sites excluding steroid dienone is 1. The number of hydrogen-bond donors (Lipinski definition) is 4. The van der Waals surface area contributed by atoms with Gasteiger partial charge in [-0.15, -0.1) is 0 Å². The molecular weight excluding hydrogens is 260 g/mol. The number of nitrogens with two attached hydrogens (primary N) is 1. The second kappa shape index (κ2) is 4.01. The van der Waals surface area contributed by atoms with Crippen molar-refractivity contribution in [2.75, 3.05) is 5.73 Å². The van der Waals surface area contributed by atoms with E-state index in [0.717, 1.165) is 0 Å². The Bertz CT molecular complexity index is 718. The van der Waals surface area contributed by atoms with E-state index in [-0.39, 0.29) is 52.3 Å². The van der Waals surface area contributed by atoms with Gasteiger partial charge in [0.05, 0.1) is 11.7 Å². The molecule has 6 heteroatoms. The molecule has 0 spiro atoms. The third kappa shape index (κ3) is 1.58. The second-order valence-electron chi connectivity index (χ2n) is 5.01. The maximum atomic E-state index is 12.4. The van der Waals surface area contributed by atoms with Gasteiger partial charge >= 0.3 is 0 Å². The van der Waals surface area contributed by atoms with Crippen molar-refractivity contribution >= 4 is 23.0 Å². The highest BCUT2D eigenvalue weighted by molar-refractivity contribution is 6.30. The van der Waals surface area contributed by atoms with Crippen LogP contribution in [0.5, 0.6) is 5.75 Å². The summed E-state index contributed by atoms with van der Waals surface area (Å²) in [4.78, 5) is 24.8. The monoisotopic (exact) mass is 272 g/mol. The maximum absolute atomic E-state index is 12.4. The SMILES string of the molecule is N=C1CC2=C(C(=O)c3c(O)cc(N)cc3C2=O)C(O)C1. The van der Waals surface area contributed by atoms with Crippen LogP contribution in [-0.4, -0.2) is 33.6 Å². The van der Waals surface area contributed by atoms with Crippen molar-refractivity contribution in [1.82, 2.24) is 0 Å². The van der Waals surface area contributed by atoms with E-state index < -0.39 is 17.7 Å². The highest BCUT2D eigenvalue weighted by Gasteiger charge is 2.40. The van der Waals surface area contributed by atoms with Crippen LogP contribution in [-0.2, 0) is 0 Å². The average molecular weight is 272 g/mol. The molecule has 0 aromatic heterocycles. The first-order valence-electron chi connectivity index (χ1n) is 6.09. The molecule has 1 aromatic rings.